The Hall–Kier alpha value is -0.0800. The van der Waals surface area contributed by atoms with Gasteiger partial charge in [0.25, 0.3) is 0 Å². The second kappa shape index (κ2) is 5.71. The average Bonchev–Trinajstić information content (AvgIpc) is 2.26. The number of hydrogen-bond acceptors (Lipinski definition) is 2. The van der Waals surface area contributed by atoms with Crippen LogP contribution >= 0.6 is 0 Å². The molecule has 0 aromatic carbocycles. The molecule has 0 bridgehead atoms. The zero-order valence-corrected chi connectivity index (χ0v) is 11.9. The maximum absolute atomic E-state index is 5.31. The normalized spacial score (nSPS) is 27.7. The first-order valence-electron chi connectivity index (χ1n) is 7.51. The Morgan fingerprint density at radius 3 is 2.29 bits per heavy atom. The van der Waals surface area contributed by atoms with Crippen LogP contribution in [0.3, 0.4) is 0 Å². The smallest absolute Gasteiger partial charge is 0.0645 e. The molecule has 0 aromatic heterocycles. The van der Waals surface area contributed by atoms with Crippen LogP contribution in [0.2, 0.25) is 0 Å². The Bertz CT molecular complexity index is 229. The first kappa shape index (κ1) is 13.4. The van der Waals surface area contributed by atoms with Gasteiger partial charge in [-0.25, -0.2) is 0 Å². The highest BCUT2D eigenvalue weighted by Crippen LogP contribution is 2.42. The first-order valence-corrected chi connectivity index (χ1v) is 7.51. The van der Waals surface area contributed by atoms with Crippen molar-refractivity contribution in [2.75, 3.05) is 26.3 Å². The Morgan fingerprint density at radius 2 is 1.88 bits per heavy atom. The molecule has 17 heavy (non-hydrogen) atoms. The van der Waals surface area contributed by atoms with Crippen LogP contribution < -0.4 is 0 Å². The zero-order chi connectivity index (χ0) is 12.3. The minimum Gasteiger partial charge on any atom is -0.378 e. The minimum atomic E-state index is 0.603. The van der Waals surface area contributed by atoms with Crippen molar-refractivity contribution in [3.05, 3.63) is 0 Å². The molecule has 2 rings (SSSR count). The van der Waals surface area contributed by atoms with Crippen LogP contribution in [0.5, 0.6) is 0 Å². The van der Waals surface area contributed by atoms with Gasteiger partial charge in [-0.3, -0.25) is 4.90 Å². The molecule has 0 N–H and O–H groups in total. The molecule has 0 amide bonds. The lowest BCUT2D eigenvalue weighted by Gasteiger charge is -2.48. The fourth-order valence-corrected chi connectivity index (χ4v) is 3.64. The molecule has 0 aromatic rings. The molecule has 2 aliphatic rings. The molecule has 2 nitrogen and oxygen atoms in total. The summed E-state index contributed by atoms with van der Waals surface area (Å²) in [6, 6.07) is 0.741. The highest BCUT2D eigenvalue weighted by atomic mass is 16.5. The van der Waals surface area contributed by atoms with Crippen LogP contribution in [0.15, 0.2) is 0 Å². The molecule has 1 unspecified atom stereocenters. The Kier molecular flexibility index (Phi) is 4.48. The van der Waals surface area contributed by atoms with Crippen LogP contribution in [0.4, 0.5) is 0 Å². The SMILES string of the molecule is CCCC(CC)C1(C)CCN(C2COC2)CC1. The summed E-state index contributed by atoms with van der Waals surface area (Å²) in [6.45, 7) is 11.8. The number of ether oxygens (including phenoxy) is 1. The van der Waals surface area contributed by atoms with Crippen LogP contribution in [0.25, 0.3) is 0 Å². The van der Waals surface area contributed by atoms with Gasteiger partial charge in [0.2, 0.25) is 0 Å². The molecular weight excluding hydrogens is 210 g/mol. The predicted octanol–water partition coefficient (Wildman–Crippen LogP) is 3.31. The number of nitrogens with zero attached hydrogens (tertiary/aromatic N) is 1. The molecule has 2 fully saturated rings. The summed E-state index contributed by atoms with van der Waals surface area (Å²) < 4.78 is 5.31. The third-order valence-electron chi connectivity index (χ3n) is 5.19. The van der Waals surface area contributed by atoms with Gasteiger partial charge in [-0.05, 0) is 37.3 Å². The van der Waals surface area contributed by atoms with Gasteiger partial charge >= 0.3 is 0 Å². The fraction of sp³-hybridized carbons (Fsp3) is 1.00. The third-order valence-corrected chi connectivity index (χ3v) is 5.19. The van der Waals surface area contributed by atoms with E-state index in [1.807, 2.05) is 0 Å². The van der Waals surface area contributed by atoms with Crippen molar-refractivity contribution < 1.29 is 4.74 Å². The van der Waals surface area contributed by atoms with Crippen molar-refractivity contribution in [2.24, 2.45) is 11.3 Å². The molecule has 2 saturated heterocycles. The average molecular weight is 239 g/mol. The quantitative estimate of drug-likeness (QED) is 0.730. The molecule has 0 spiro atoms. The van der Waals surface area contributed by atoms with E-state index in [4.69, 9.17) is 4.74 Å². The van der Waals surface area contributed by atoms with Crippen molar-refractivity contribution in [2.45, 2.75) is 58.9 Å². The number of piperidine rings is 1. The van der Waals surface area contributed by atoms with E-state index < -0.39 is 0 Å². The van der Waals surface area contributed by atoms with Crippen molar-refractivity contribution in [1.29, 1.82) is 0 Å². The molecule has 0 saturated carbocycles. The van der Waals surface area contributed by atoms with E-state index in [1.165, 1.54) is 45.2 Å². The van der Waals surface area contributed by atoms with E-state index in [0.29, 0.717) is 5.41 Å². The monoisotopic (exact) mass is 239 g/mol. The van der Waals surface area contributed by atoms with Gasteiger partial charge in [-0.2, -0.15) is 0 Å². The summed E-state index contributed by atoms with van der Waals surface area (Å²) in [6.07, 6.45) is 6.90. The fourth-order valence-electron chi connectivity index (χ4n) is 3.64. The Labute approximate surface area is 107 Å². The maximum atomic E-state index is 5.31. The van der Waals surface area contributed by atoms with Gasteiger partial charge < -0.3 is 4.74 Å². The number of hydrogen-bond donors (Lipinski definition) is 0. The molecule has 100 valence electrons. The first-order chi connectivity index (χ1) is 8.19. The molecular formula is C15H29NO. The van der Waals surface area contributed by atoms with E-state index >= 15 is 0 Å². The van der Waals surface area contributed by atoms with Crippen LogP contribution in [-0.2, 0) is 4.74 Å². The zero-order valence-electron chi connectivity index (χ0n) is 11.9. The summed E-state index contributed by atoms with van der Waals surface area (Å²) in [5.41, 5.74) is 0.603. The maximum Gasteiger partial charge on any atom is 0.0645 e. The number of likely N-dealkylation sites (tertiary alicyclic amines) is 1. The summed E-state index contributed by atoms with van der Waals surface area (Å²) in [5, 5.41) is 0. The second-order valence-electron chi connectivity index (χ2n) is 6.28. The largest absolute Gasteiger partial charge is 0.378 e. The highest BCUT2D eigenvalue weighted by Gasteiger charge is 2.38. The van der Waals surface area contributed by atoms with Crippen LogP contribution in [0.1, 0.15) is 52.9 Å². The van der Waals surface area contributed by atoms with Gasteiger partial charge in [0, 0.05) is 0 Å². The van der Waals surface area contributed by atoms with E-state index in [2.05, 4.69) is 25.7 Å². The molecule has 0 aliphatic carbocycles. The summed E-state index contributed by atoms with van der Waals surface area (Å²) in [7, 11) is 0. The number of rotatable bonds is 5. The van der Waals surface area contributed by atoms with Gasteiger partial charge in [-0.15, -0.1) is 0 Å². The molecule has 2 heterocycles. The molecule has 1 atom stereocenters. The van der Waals surface area contributed by atoms with Crippen molar-refractivity contribution in [3.8, 4) is 0 Å². The third kappa shape index (κ3) is 2.85. The van der Waals surface area contributed by atoms with E-state index in [1.54, 1.807) is 0 Å². The molecule has 0 radical (unpaired) electrons. The van der Waals surface area contributed by atoms with Crippen molar-refractivity contribution in [3.63, 3.8) is 0 Å². The van der Waals surface area contributed by atoms with Crippen molar-refractivity contribution in [1.82, 2.24) is 4.90 Å². The topological polar surface area (TPSA) is 12.5 Å². The standard InChI is InChI=1S/C15H29NO/c1-4-6-13(5-2)15(3)7-9-16(10-8-15)14-11-17-12-14/h13-14H,4-12H2,1-3H3. The Morgan fingerprint density at radius 1 is 1.24 bits per heavy atom. The van der Waals surface area contributed by atoms with Gasteiger partial charge in [-0.1, -0.05) is 40.0 Å². The lowest BCUT2D eigenvalue weighted by Crippen LogP contribution is -2.54. The van der Waals surface area contributed by atoms with E-state index in [0.717, 1.165) is 25.2 Å². The van der Waals surface area contributed by atoms with Gasteiger partial charge in [0.05, 0.1) is 19.3 Å². The van der Waals surface area contributed by atoms with E-state index in [-0.39, 0.29) is 0 Å². The van der Waals surface area contributed by atoms with Gasteiger partial charge in [0.1, 0.15) is 0 Å². The lowest BCUT2D eigenvalue weighted by atomic mass is 9.67. The lowest BCUT2D eigenvalue weighted by molar-refractivity contribution is -0.0857. The summed E-state index contributed by atoms with van der Waals surface area (Å²) >= 11 is 0. The van der Waals surface area contributed by atoms with E-state index in [9.17, 15) is 0 Å². The summed E-state index contributed by atoms with van der Waals surface area (Å²) in [4.78, 5) is 2.66. The molecule has 2 heteroatoms. The highest BCUT2D eigenvalue weighted by molar-refractivity contribution is 4.90. The van der Waals surface area contributed by atoms with Crippen LogP contribution in [-0.4, -0.2) is 37.2 Å². The van der Waals surface area contributed by atoms with Gasteiger partial charge in [0.15, 0.2) is 0 Å². The summed E-state index contributed by atoms with van der Waals surface area (Å²) in [5.74, 6) is 0.937. The minimum absolute atomic E-state index is 0.603. The Balaban J connectivity index is 1.86. The van der Waals surface area contributed by atoms with Crippen molar-refractivity contribution >= 4 is 0 Å². The van der Waals surface area contributed by atoms with Crippen LogP contribution in [0, 0.1) is 11.3 Å². The predicted molar refractivity (Wildman–Crippen MR) is 72.2 cm³/mol. The second-order valence-corrected chi connectivity index (χ2v) is 6.28. The molecule has 2 aliphatic heterocycles.